The molecule has 0 unspecified atom stereocenters. The van der Waals surface area contributed by atoms with E-state index in [9.17, 15) is 0 Å². The summed E-state index contributed by atoms with van der Waals surface area (Å²) in [6, 6.07) is 12.1. The summed E-state index contributed by atoms with van der Waals surface area (Å²) in [4.78, 5) is 4.37. The predicted octanol–water partition coefficient (Wildman–Crippen LogP) is 3.55. The van der Waals surface area contributed by atoms with Crippen molar-refractivity contribution in [2.75, 3.05) is 5.73 Å². The third-order valence-electron chi connectivity index (χ3n) is 2.54. The first-order valence-corrected chi connectivity index (χ1v) is 5.91. The molecule has 0 aliphatic rings. The Balaban J connectivity index is 2.29. The Morgan fingerprint density at radius 3 is 2.94 bits per heavy atom. The second-order valence-electron chi connectivity index (χ2n) is 3.62. The zero-order chi connectivity index (χ0) is 11.0. The third-order valence-corrected chi connectivity index (χ3v) is 3.50. The van der Waals surface area contributed by atoms with Crippen molar-refractivity contribution in [3.63, 3.8) is 0 Å². The molecule has 3 aromatic rings. The van der Waals surface area contributed by atoms with Gasteiger partial charge < -0.3 is 5.73 Å². The van der Waals surface area contributed by atoms with E-state index in [2.05, 4.69) is 34.6 Å². The Morgan fingerprint density at radius 2 is 2.06 bits per heavy atom. The number of rotatable bonds is 1. The monoisotopic (exact) mass is 226 g/mol. The van der Waals surface area contributed by atoms with Gasteiger partial charge in [0.1, 0.15) is 0 Å². The van der Waals surface area contributed by atoms with E-state index in [1.165, 1.54) is 10.1 Å². The van der Waals surface area contributed by atoms with Gasteiger partial charge in [0.05, 0.1) is 5.69 Å². The van der Waals surface area contributed by atoms with Gasteiger partial charge in [0.15, 0.2) is 0 Å². The van der Waals surface area contributed by atoms with E-state index < -0.39 is 0 Å². The highest BCUT2D eigenvalue weighted by molar-refractivity contribution is 7.17. The van der Waals surface area contributed by atoms with Gasteiger partial charge in [0.25, 0.3) is 0 Å². The van der Waals surface area contributed by atoms with E-state index in [1.807, 2.05) is 6.07 Å². The first kappa shape index (κ1) is 9.36. The quantitative estimate of drug-likeness (QED) is 0.689. The van der Waals surface area contributed by atoms with E-state index in [0.29, 0.717) is 0 Å². The smallest absolute Gasteiger partial charge is 0.0736 e. The van der Waals surface area contributed by atoms with Gasteiger partial charge >= 0.3 is 0 Å². The summed E-state index contributed by atoms with van der Waals surface area (Å²) < 4.78 is 1.26. The second-order valence-corrected chi connectivity index (χ2v) is 4.54. The number of thiophene rings is 1. The van der Waals surface area contributed by atoms with Crippen LogP contribution in [-0.4, -0.2) is 4.98 Å². The van der Waals surface area contributed by atoms with Gasteiger partial charge in [-0.3, -0.25) is 4.98 Å². The van der Waals surface area contributed by atoms with Crippen molar-refractivity contribution in [3.05, 3.63) is 48.0 Å². The average molecular weight is 226 g/mol. The molecule has 0 saturated heterocycles. The van der Waals surface area contributed by atoms with E-state index in [-0.39, 0.29) is 0 Å². The molecule has 2 aromatic heterocycles. The standard InChI is InChI=1S/C13H10N2S/c14-10-4-6-15-12(8-10)11-3-1-2-9-5-7-16-13(9)11/h1-8H,(H2,14,15). The van der Waals surface area contributed by atoms with Crippen molar-refractivity contribution in [3.8, 4) is 11.3 Å². The van der Waals surface area contributed by atoms with Crippen LogP contribution < -0.4 is 5.73 Å². The van der Waals surface area contributed by atoms with E-state index in [4.69, 9.17) is 5.73 Å². The third kappa shape index (κ3) is 1.46. The van der Waals surface area contributed by atoms with Crippen LogP contribution in [0.4, 0.5) is 5.69 Å². The predicted molar refractivity (Wildman–Crippen MR) is 69.5 cm³/mol. The molecule has 0 aliphatic heterocycles. The molecule has 0 atom stereocenters. The molecule has 2 N–H and O–H groups in total. The molecule has 2 nitrogen and oxygen atoms in total. The fourth-order valence-electron chi connectivity index (χ4n) is 1.79. The molecule has 0 aliphatic carbocycles. The first-order valence-electron chi connectivity index (χ1n) is 5.03. The molecule has 3 rings (SSSR count). The van der Waals surface area contributed by atoms with Crippen LogP contribution in [0.5, 0.6) is 0 Å². The lowest BCUT2D eigenvalue weighted by Crippen LogP contribution is -1.88. The van der Waals surface area contributed by atoms with E-state index in [0.717, 1.165) is 16.9 Å². The van der Waals surface area contributed by atoms with Crippen LogP contribution in [0, 0.1) is 0 Å². The number of benzene rings is 1. The molecule has 0 fully saturated rings. The number of aromatic nitrogens is 1. The molecule has 1 aromatic carbocycles. The summed E-state index contributed by atoms with van der Waals surface area (Å²) in [5, 5.41) is 3.35. The van der Waals surface area contributed by atoms with Crippen molar-refractivity contribution >= 4 is 27.1 Å². The number of anilines is 1. The first-order chi connectivity index (χ1) is 7.84. The molecule has 0 saturated carbocycles. The minimum atomic E-state index is 0.749. The average Bonchev–Trinajstić information content (AvgIpc) is 2.76. The molecule has 2 heterocycles. The topological polar surface area (TPSA) is 38.9 Å². The van der Waals surface area contributed by atoms with Gasteiger partial charge in [-0.05, 0) is 29.0 Å². The number of hydrogen-bond donors (Lipinski definition) is 1. The molecular weight excluding hydrogens is 216 g/mol. The number of fused-ring (bicyclic) bond motifs is 1. The minimum absolute atomic E-state index is 0.749. The fraction of sp³-hybridized carbons (Fsp3) is 0. The van der Waals surface area contributed by atoms with Gasteiger partial charge in [0.2, 0.25) is 0 Å². The van der Waals surface area contributed by atoms with Crippen LogP contribution in [0.2, 0.25) is 0 Å². The van der Waals surface area contributed by atoms with Gasteiger partial charge in [-0.2, -0.15) is 0 Å². The highest BCUT2D eigenvalue weighted by Crippen LogP contribution is 2.31. The van der Waals surface area contributed by atoms with Crippen LogP contribution in [-0.2, 0) is 0 Å². The summed E-state index contributed by atoms with van der Waals surface area (Å²) in [6.07, 6.45) is 1.75. The second kappa shape index (κ2) is 3.61. The molecule has 3 heteroatoms. The van der Waals surface area contributed by atoms with Crippen molar-refractivity contribution in [1.29, 1.82) is 0 Å². The van der Waals surface area contributed by atoms with E-state index >= 15 is 0 Å². The highest BCUT2D eigenvalue weighted by Gasteiger charge is 2.05. The summed E-state index contributed by atoms with van der Waals surface area (Å²) in [5.41, 5.74) is 8.62. The van der Waals surface area contributed by atoms with Crippen molar-refractivity contribution in [1.82, 2.24) is 4.98 Å². The van der Waals surface area contributed by atoms with Crippen LogP contribution in [0.3, 0.4) is 0 Å². The normalized spacial score (nSPS) is 10.8. The number of nitrogens with two attached hydrogens (primary N) is 1. The highest BCUT2D eigenvalue weighted by atomic mass is 32.1. The van der Waals surface area contributed by atoms with Gasteiger partial charge in [-0.1, -0.05) is 18.2 Å². The maximum atomic E-state index is 5.78. The van der Waals surface area contributed by atoms with Crippen LogP contribution in [0.1, 0.15) is 0 Å². The lowest BCUT2D eigenvalue weighted by molar-refractivity contribution is 1.34. The van der Waals surface area contributed by atoms with Crippen LogP contribution in [0.25, 0.3) is 21.3 Å². The van der Waals surface area contributed by atoms with Gasteiger partial charge in [-0.25, -0.2) is 0 Å². The molecular formula is C13H10N2S. The number of pyridine rings is 1. The Morgan fingerprint density at radius 1 is 1.12 bits per heavy atom. The molecule has 0 radical (unpaired) electrons. The number of hydrogen-bond acceptors (Lipinski definition) is 3. The lowest BCUT2D eigenvalue weighted by Gasteiger charge is -2.03. The number of nitrogens with zero attached hydrogens (tertiary/aromatic N) is 1. The molecule has 0 amide bonds. The number of nitrogen functional groups attached to an aromatic ring is 1. The molecule has 0 spiro atoms. The molecule has 16 heavy (non-hydrogen) atoms. The zero-order valence-electron chi connectivity index (χ0n) is 8.55. The van der Waals surface area contributed by atoms with Gasteiger partial charge in [0, 0.05) is 22.1 Å². The molecule has 78 valence electrons. The zero-order valence-corrected chi connectivity index (χ0v) is 9.37. The minimum Gasteiger partial charge on any atom is -0.399 e. The maximum absolute atomic E-state index is 5.78. The summed E-state index contributed by atoms with van der Waals surface area (Å²) in [7, 11) is 0. The van der Waals surface area contributed by atoms with Crippen molar-refractivity contribution < 1.29 is 0 Å². The Labute approximate surface area is 97.4 Å². The van der Waals surface area contributed by atoms with Gasteiger partial charge in [-0.15, -0.1) is 11.3 Å². The van der Waals surface area contributed by atoms with Crippen LogP contribution >= 0.6 is 11.3 Å². The van der Waals surface area contributed by atoms with Crippen molar-refractivity contribution in [2.24, 2.45) is 0 Å². The maximum Gasteiger partial charge on any atom is 0.0736 e. The fourth-order valence-corrected chi connectivity index (χ4v) is 2.71. The van der Waals surface area contributed by atoms with E-state index in [1.54, 1.807) is 23.6 Å². The Bertz CT molecular complexity index is 643. The summed E-state index contributed by atoms with van der Waals surface area (Å²) in [6.45, 7) is 0. The van der Waals surface area contributed by atoms with Crippen molar-refractivity contribution in [2.45, 2.75) is 0 Å². The largest absolute Gasteiger partial charge is 0.399 e. The lowest BCUT2D eigenvalue weighted by atomic mass is 10.1. The molecule has 0 bridgehead atoms. The SMILES string of the molecule is Nc1ccnc(-c2cccc3ccsc23)c1. The Kier molecular flexibility index (Phi) is 2.11. The van der Waals surface area contributed by atoms with Crippen LogP contribution in [0.15, 0.2) is 48.0 Å². The summed E-state index contributed by atoms with van der Waals surface area (Å²) >= 11 is 1.73. The summed E-state index contributed by atoms with van der Waals surface area (Å²) in [5.74, 6) is 0. The Hall–Kier alpha value is -1.87.